The Labute approximate surface area is 186 Å². The Morgan fingerprint density at radius 1 is 0.800 bits per heavy atom. The van der Waals surface area contributed by atoms with Gasteiger partial charge in [-0.1, -0.05) is 88.7 Å². The number of ketones is 1. The van der Waals surface area contributed by atoms with Gasteiger partial charge in [-0.15, -0.1) is 0 Å². The van der Waals surface area contributed by atoms with Crippen LogP contribution in [0.2, 0.25) is 0 Å². The van der Waals surface area contributed by atoms with Crippen LogP contribution in [0.15, 0.2) is 83.3 Å². The topological polar surface area (TPSA) is 23.6 Å². The van der Waals surface area contributed by atoms with Crippen LogP contribution < -0.4 is 0 Å². The average Bonchev–Trinajstić information content (AvgIpc) is 3.10. The highest BCUT2D eigenvalue weighted by molar-refractivity contribution is 9.10. The van der Waals surface area contributed by atoms with Gasteiger partial charge in [-0.25, -0.2) is 0 Å². The summed E-state index contributed by atoms with van der Waals surface area (Å²) in [4.78, 5) is 18.8. The predicted octanol–water partition coefficient (Wildman–Crippen LogP) is 4.90. The van der Waals surface area contributed by atoms with E-state index in [1.807, 2.05) is 36.4 Å². The molecule has 3 aromatic rings. The first-order chi connectivity index (χ1) is 14.7. The normalized spacial score (nSPS) is 22.2. The van der Waals surface area contributed by atoms with Crippen LogP contribution in [0.3, 0.4) is 0 Å². The Kier molecular flexibility index (Phi) is 5.32. The maximum Gasteiger partial charge on any atom is 0.188 e. The molecular weight excluding hydrogens is 436 g/mol. The molecule has 3 nitrogen and oxygen atoms in total. The summed E-state index contributed by atoms with van der Waals surface area (Å²) in [6.07, 6.45) is 0.727. The third kappa shape index (κ3) is 3.33. The molecule has 1 fully saturated rings. The van der Waals surface area contributed by atoms with Crippen molar-refractivity contribution in [2.45, 2.75) is 18.5 Å². The van der Waals surface area contributed by atoms with Gasteiger partial charge in [0.05, 0.1) is 0 Å². The van der Waals surface area contributed by atoms with Crippen LogP contribution in [0.4, 0.5) is 0 Å². The van der Waals surface area contributed by atoms with E-state index in [4.69, 9.17) is 0 Å². The zero-order valence-electron chi connectivity index (χ0n) is 16.9. The number of rotatable bonds is 4. The van der Waals surface area contributed by atoms with Gasteiger partial charge in [-0.05, 0) is 22.8 Å². The fourth-order valence-electron chi connectivity index (χ4n) is 5.02. The van der Waals surface area contributed by atoms with Crippen molar-refractivity contribution in [3.63, 3.8) is 0 Å². The maximum absolute atomic E-state index is 13.9. The van der Waals surface area contributed by atoms with Crippen molar-refractivity contribution in [1.29, 1.82) is 0 Å². The van der Waals surface area contributed by atoms with E-state index in [-0.39, 0.29) is 5.78 Å². The highest BCUT2D eigenvalue weighted by atomic mass is 79.9. The lowest BCUT2D eigenvalue weighted by atomic mass is 9.83. The lowest BCUT2D eigenvalue weighted by molar-refractivity contribution is 0.0288. The van der Waals surface area contributed by atoms with Crippen molar-refractivity contribution in [2.75, 3.05) is 26.2 Å². The largest absolute Gasteiger partial charge is 0.297 e. The highest BCUT2D eigenvalue weighted by Gasteiger charge is 2.51. The first kappa shape index (κ1) is 19.7. The van der Waals surface area contributed by atoms with Gasteiger partial charge in [-0.3, -0.25) is 14.6 Å². The van der Waals surface area contributed by atoms with Crippen LogP contribution in [-0.4, -0.2) is 41.8 Å². The fraction of sp³-hybridized carbons (Fsp3) is 0.269. The minimum absolute atomic E-state index is 0.238. The molecule has 0 amide bonds. The highest BCUT2D eigenvalue weighted by Crippen LogP contribution is 2.45. The summed E-state index contributed by atoms with van der Waals surface area (Å²) in [5.41, 5.74) is 3.84. The molecule has 1 aliphatic heterocycles. The molecule has 3 aromatic carbocycles. The standard InChI is InChI=1S/C26H25BrN2O/c27-24-13-7-12-22-23(24)18-26(25(22)30,21-10-5-2-6-11-21)29-16-14-28(15-17-29)19-20-8-3-1-4-9-20/h1-13H,14-19H2. The van der Waals surface area contributed by atoms with E-state index in [0.717, 1.165) is 60.3 Å². The van der Waals surface area contributed by atoms with Gasteiger partial charge in [0.1, 0.15) is 5.54 Å². The second kappa shape index (κ2) is 8.10. The second-order valence-electron chi connectivity index (χ2n) is 8.25. The third-order valence-electron chi connectivity index (χ3n) is 6.58. The zero-order chi connectivity index (χ0) is 20.6. The maximum atomic E-state index is 13.9. The van der Waals surface area contributed by atoms with Gasteiger partial charge < -0.3 is 0 Å². The molecule has 1 heterocycles. The lowest BCUT2D eigenvalue weighted by Gasteiger charge is -2.45. The minimum Gasteiger partial charge on any atom is -0.297 e. The summed E-state index contributed by atoms with van der Waals surface area (Å²) in [6, 6.07) is 27.0. The molecule has 2 aliphatic rings. The Hall–Kier alpha value is -2.27. The minimum atomic E-state index is -0.605. The van der Waals surface area contributed by atoms with Crippen LogP contribution >= 0.6 is 15.9 Å². The van der Waals surface area contributed by atoms with Gasteiger partial charge in [0.15, 0.2) is 5.78 Å². The summed E-state index contributed by atoms with van der Waals surface area (Å²) in [6.45, 7) is 4.67. The molecule has 0 spiro atoms. The van der Waals surface area contributed by atoms with Crippen molar-refractivity contribution >= 4 is 21.7 Å². The van der Waals surface area contributed by atoms with E-state index in [2.05, 4.69) is 68.2 Å². The molecule has 30 heavy (non-hydrogen) atoms. The van der Waals surface area contributed by atoms with Crippen LogP contribution in [0.25, 0.3) is 0 Å². The number of hydrogen-bond donors (Lipinski definition) is 0. The number of benzene rings is 3. The van der Waals surface area contributed by atoms with E-state index in [1.165, 1.54) is 5.56 Å². The molecule has 0 saturated carbocycles. The van der Waals surface area contributed by atoms with Gasteiger partial charge in [-0.2, -0.15) is 0 Å². The average molecular weight is 461 g/mol. The number of hydrogen-bond acceptors (Lipinski definition) is 3. The number of piperazine rings is 1. The van der Waals surface area contributed by atoms with Crippen molar-refractivity contribution in [3.8, 4) is 0 Å². The molecule has 1 saturated heterocycles. The first-order valence-electron chi connectivity index (χ1n) is 10.6. The molecule has 1 aliphatic carbocycles. The smallest absolute Gasteiger partial charge is 0.188 e. The lowest BCUT2D eigenvalue weighted by Crippen LogP contribution is -2.58. The monoisotopic (exact) mass is 460 g/mol. The molecule has 0 radical (unpaired) electrons. The number of halogens is 1. The fourth-order valence-corrected chi connectivity index (χ4v) is 5.53. The summed E-state index contributed by atoms with van der Waals surface area (Å²) >= 11 is 3.69. The summed E-state index contributed by atoms with van der Waals surface area (Å²) in [7, 11) is 0. The van der Waals surface area contributed by atoms with Crippen LogP contribution in [0, 0.1) is 0 Å². The Morgan fingerprint density at radius 2 is 1.47 bits per heavy atom. The first-order valence-corrected chi connectivity index (χ1v) is 11.4. The molecule has 1 unspecified atom stereocenters. The molecule has 0 N–H and O–H groups in total. The Morgan fingerprint density at radius 3 is 2.13 bits per heavy atom. The molecule has 4 heteroatoms. The number of carbonyl (C=O) groups excluding carboxylic acids is 1. The second-order valence-corrected chi connectivity index (χ2v) is 9.10. The van der Waals surface area contributed by atoms with E-state index >= 15 is 0 Å². The number of fused-ring (bicyclic) bond motifs is 1. The Bertz CT molecular complexity index is 1050. The predicted molar refractivity (Wildman–Crippen MR) is 124 cm³/mol. The van der Waals surface area contributed by atoms with Crippen LogP contribution in [-0.2, 0) is 18.5 Å². The number of Topliss-reactive ketones (excluding diaryl/α,β-unsaturated/α-hetero) is 1. The van der Waals surface area contributed by atoms with Crippen molar-refractivity contribution in [2.24, 2.45) is 0 Å². The van der Waals surface area contributed by atoms with E-state index in [0.29, 0.717) is 0 Å². The third-order valence-corrected chi connectivity index (χ3v) is 7.33. The summed E-state index contributed by atoms with van der Waals surface area (Å²) < 4.78 is 1.04. The van der Waals surface area contributed by atoms with Crippen LogP contribution in [0.1, 0.15) is 27.0 Å². The van der Waals surface area contributed by atoms with Gasteiger partial charge in [0.25, 0.3) is 0 Å². The van der Waals surface area contributed by atoms with Crippen molar-refractivity contribution in [1.82, 2.24) is 9.80 Å². The SMILES string of the molecule is O=C1c2cccc(Br)c2CC1(c1ccccc1)N1CCN(Cc2ccccc2)CC1. The Balaban J connectivity index is 1.44. The van der Waals surface area contributed by atoms with Crippen LogP contribution in [0.5, 0.6) is 0 Å². The zero-order valence-corrected chi connectivity index (χ0v) is 18.5. The number of nitrogens with zero attached hydrogens (tertiary/aromatic N) is 2. The summed E-state index contributed by atoms with van der Waals surface area (Å²) in [5, 5.41) is 0. The molecule has 5 rings (SSSR count). The molecule has 1 atom stereocenters. The quantitative estimate of drug-likeness (QED) is 0.552. The molecule has 0 bridgehead atoms. The van der Waals surface area contributed by atoms with Gasteiger partial charge in [0.2, 0.25) is 0 Å². The van der Waals surface area contributed by atoms with Crippen molar-refractivity contribution in [3.05, 3.63) is 106 Å². The van der Waals surface area contributed by atoms with E-state index < -0.39 is 5.54 Å². The van der Waals surface area contributed by atoms with Gasteiger partial charge in [0, 0.05) is 49.2 Å². The summed E-state index contributed by atoms with van der Waals surface area (Å²) in [5.74, 6) is 0.238. The van der Waals surface area contributed by atoms with Crippen molar-refractivity contribution < 1.29 is 4.79 Å². The molecule has 0 aromatic heterocycles. The van der Waals surface area contributed by atoms with E-state index in [9.17, 15) is 4.79 Å². The van der Waals surface area contributed by atoms with E-state index in [1.54, 1.807) is 0 Å². The number of carbonyl (C=O) groups is 1. The molecular formula is C26H25BrN2O. The van der Waals surface area contributed by atoms with Gasteiger partial charge >= 0.3 is 0 Å². The molecule has 152 valence electrons.